The molecule has 12 aromatic heterocycles. The molecule has 39 heteroatoms. The van der Waals surface area contributed by atoms with Crippen molar-refractivity contribution in [3.63, 3.8) is 0 Å². The van der Waals surface area contributed by atoms with Gasteiger partial charge in [0.25, 0.3) is 0 Å². The number of nitriles is 2. The van der Waals surface area contributed by atoms with E-state index < -0.39 is 24.2 Å². The highest BCUT2D eigenvalue weighted by Crippen LogP contribution is 2.44. The van der Waals surface area contributed by atoms with Crippen LogP contribution in [-0.4, -0.2) is 144 Å². The molecule has 9 aliphatic rings. The molecule has 6 saturated carbocycles. The SMILES string of the molecule is CCC1CCCN1c1cc2cc(NC(=O)[C@@H]3C[C@@H]3F)ncc2c(N)n1.Cc1ccccc1-c1cc2cc(NC(=O)[C@@H]3C[C@H]3C#N)ncc2c(N)n1.Cc1ccccc1-c1cc2cc(NC(=O)[C@H]3C[C@@H]3C#N)ncc2c(N)n1.Nc1nc(-c2ccccc2CO)cc2cc(NC(=O)[C@@H]3C[C@@H]3F)ncc12.Nc1nc(C2=CC=CCC2=O)cc2cc(NC(=O)C3CC3)ncc12.Nc1nc(N2CCCC2=O)cc2cc(NC(=O)C3CC3)ncc12. The summed E-state index contributed by atoms with van der Waals surface area (Å²) in [5, 5.41) is 53.0. The number of hydrogen-bond donors (Lipinski definition) is 13. The number of aryl methyl sites for hydroxylation is 2. The summed E-state index contributed by atoms with van der Waals surface area (Å²) in [5.41, 5.74) is 45.5. The first-order valence-corrected chi connectivity index (χ1v) is 49.6. The molecule has 14 heterocycles. The molecule has 8 fully saturated rings. The Hall–Kier alpha value is -18.1. The number of hydrogen-bond acceptors (Lipinski definition) is 30. The zero-order chi connectivity index (χ0) is 105. The third-order valence-electron chi connectivity index (χ3n) is 27.6. The van der Waals surface area contributed by atoms with Crippen molar-refractivity contribution in [2.45, 2.75) is 136 Å². The van der Waals surface area contributed by atoms with E-state index in [-0.39, 0.29) is 95.7 Å². The van der Waals surface area contributed by atoms with Crippen LogP contribution in [0, 0.1) is 83.9 Å². The molecule has 0 bridgehead atoms. The van der Waals surface area contributed by atoms with Crippen molar-refractivity contribution in [1.29, 1.82) is 10.5 Å². The molecule has 2 saturated heterocycles. The third-order valence-corrected chi connectivity index (χ3v) is 27.6. The Morgan fingerprint density at radius 1 is 0.420 bits per heavy atom. The van der Waals surface area contributed by atoms with Crippen LogP contribution in [-0.2, 0) is 45.0 Å². The largest absolute Gasteiger partial charge is 0.392 e. The Bertz CT molecular complexity index is 7960. The van der Waals surface area contributed by atoms with Crippen molar-refractivity contribution in [1.82, 2.24) is 59.8 Å². The smallest absolute Gasteiger partial charge is 0.231 e. The summed E-state index contributed by atoms with van der Waals surface area (Å²) in [6.07, 6.45) is 23.6. The first-order valence-electron chi connectivity index (χ1n) is 49.6. The Labute approximate surface area is 858 Å². The van der Waals surface area contributed by atoms with Crippen LogP contribution in [0.1, 0.15) is 119 Å². The van der Waals surface area contributed by atoms with E-state index in [1.54, 1.807) is 78.4 Å². The van der Waals surface area contributed by atoms with E-state index in [0.29, 0.717) is 153 Å². The Balaban J connectivity index is 0.000000113. The number of carbonyl (C=O) groups is 8. The molecule has 758 valence electrons. The van der Waals surface area contributed by atoms with E-state index in [4.69, 9.17) is 44.9 Å². The zero-order valence-corrected chi connectivity index (χ0v) is 82.0. The number of anilines is 14. The van der Waals surface area contributed by atoms with Crippen molar-refractivity contribution in [2.75, 3.05) is 89.2 Å². The van der Waals surface area contributed by atoms with E-state index in [1.807, 2.05) is 135 Å². The second kappa shape index (κ2) is 43.3. The Morgan fingerprint density at radius 2 is 0.767 bits per heavy atom. The molecule has 7 amide bonds. The van der Waals surface area contributed by atoms with Gasteiger partial charge < -0.3 is 76.3 Å². The summed E-state index contributed by atoms with van der Waals surface area (Å²) in [5.74, 6) is 3.64. The van der Waals surface area contributed by atoms with Gasteiger partial charge in [0.05, 0.1) is 77.0 Å². The van der Waals surface area contributed by atoms with Gasteiger partial charge in [-0.25, -0.2) is 68.6 Å². The molecule has 3 aromatic carbocycles. The van der Waals surface area contributed by atoms with E-state index in [2.05, 4.69) is 116 Å². The first kappa shape index (κ1) is 101. The van der Waals surface area contributed by atoms with Crippen LogP contribution in [0.2, 0.25) is 0 Å². The van der Waals surface area contributed by atoms with Gasteiger partial charge in [-0.05, 0) is 219 Å². The van der Waals surface area contributed by atoms with Crippen LogP contribution >= 0.6 is 0 Å². The van der Waals surface area contributed by atoms with E-state index in [1.165, 1.54) is 12.6 Å². The number of nitrogens with one attached hydrogen (secondary N) is 6. The number of pyridine rings is 12. The number of benzene rings is 3. The van der Waals surface area contributed by atoms with Crippen molar-refractivity contribution in [3.05, 3.63) is 223 Å². The molecule has 19 N–H and O–H groups in total. The highest BCUT2D eigenvalue weighted by molar-refractivity contribution is 6.22. The number of fused-ring (bicyclic) bond motifs is 6. The number of amides is 7. The summed E-state index contributed by atoms with van der Waals surface area (Å²) in [7, 11) is 0. The summed E-state index contributed by atoms with van der Waals surface area (Å²) in [6, 6.07) is 50.0. The predicted molar refractivity (Wildman–Crippen MR) is 572 cm³/mol. The normalized spacial score (nSPS) is 19.3. The van der Waals surface area contributed by atoms with Crippen molar-refractivity contribution in [2.24, 2.45) is 47.3 Å². The van der Waals surface area contributed by atoms with Crippen molar-refractivity contribution >= 4 is 199 Å². The van der Waals surface area contributed by atoms with E-state index >= 15 is 0 Å². The minimum Gasteiger partial charge on any atom is -0.392 e. The fraction of sp³-hybridized carbons (Fsp3) is 0.279. The molecule has 150 heavy (non-hydrogen) atoms. The zero-order valence-electron chi connectivity index (χ0n) is 82.0. The van der Waals surface area contributed by atoms with Gasteiger partial charge in [0.1, 0.15) is 93.8 Å². The third kappa shape index (κ3) is 23.0. The fourth-order valence-electron chi connectivity index (χ4n) is 18.3. The topological polar surface area (TPSA) is 594 Å². The van der Waals surface area contributed by atoms with Gasteiger partial charge >= 0.3 is 0 Å². The first-order chi connectivity index (χ1) is 72.5. The van der Waals surface area contributed by atoms with Gasteiger partial charge in [0, 0.05) is 136 Å². The van der Waals surface area contributed by atoms with E-state index in [9.17, 15) is 52.2 Å². The van der Waals surface area contributed by atoms with Crippen LogP contribution in [0.3, 0.4) is 0 Å². The number of alkyl halides is 2. The lowest BCUT2D eigenvalue weighted by atomic mass is 9.99. The number of carbonyl (C=O) groups excluding carboxylic acids is 8. The number of nitrogens with zero attached hydrogens (tertiary/aromatic N) is 16. The Kier molecular flexibility index (Phi) is 29.0. The highest BCUT2D eigenvalue weighted by Gasteiger charge is 2.47. The number of nitrogen functional groups attached to an aromatic ring is 6. The minimum absolute atomic E-state index is 0.000551. The highest BCUT2D eigenvalue weighted by atomic mass is 19.1. The van der Waals surface area contributed by atoms with Gasteiger partial charge in [0.2, 0.25) is 41.4 Å². The van der Waals surface area contributed by atoms with Crippen molar-refractivity contribution in [3.8, 4) is 45.9 Å². The van der Waals surface area contributed by atoms with Crippen LogP contribution < -0.4 is 76.1 Å². The molecule has 0 radical (unpaired) electrons. The number of halogens is 2. The average molecular weight is 2010 g/mol. The quantitative estimate of drug-likeness (QED) is 0.0337. The molecular formula is C111H106F2N28O9. The lowest BCUT2D eigenvalue weighted by Crippen LogP contribution is -2.29. The number of aliphatic hydroxyl groups excluding tert-OH is 1. The second-order valence-electron chi connectivity index (χ2n) is 38.5. The summed E-state index contributed by atoms with van der Waals surface area (Å²) in [4.78, 5) is 152. The molecule has 15 aromatic rings. The molecule has 2 aliphatic heterocycles. The van der Waals surface area contributed by atoms with Gasteiger partial charge in [-0.15, -0.1) is 0 Å². The second-order valence-corrected chi connectivity index (χ2v) is 38.5. The van der Waals surface area contributed by atoms with Crippen LogP contribution in [0.15, 0.2) is 201 Å². The lowest BCUT2D eigenvalue weighted by Gasteiger charge is -2.25. The molecule has 0 spiro atoms. The molecule has 24 rings (SSSR count). The minimum atomic E-state index is -1.06. The Morgan fingerprint density at radius 3 is 1.13 bits per heavy atom. The molecule has 1 unspecified atom stereocenters. The number of nitrogens with two attached hydrogens (primary N) is 6. The van der Waals surface area contributed by atoms with Crippen LogP contribution in [0.5, 0.6) is 0 Å². The number of aromatic nitrogens is 12. The maximum absolute atomic E-state index is 13.0. The van der Waals surface area contributed by atoms with Crippen LogP contribution in [0.25, 0.3) is 104 Å². The van der Waals surface area contributed by atoms with Gasteiger partial charge in [-0.3, -0.25) is 43.3 Å². The van der Waals surface area contributed by atoms with Crippen molar-refractivity contribution < 1.29 is 52.2 Å². The van der Waals surface area contributed by atoms with Gasteiger partial charge in [-0.1, -0.05) is 91.9 Å². The number of aliphatic hydroxyl groups is 1. The van der Waals surface area contributed by atoms with E-state index in [0.717, 1.165) is 151 Å². The summed E-state index contributed by atoms with van der Waals surface area (Å²) < 4.78 is 26.0. The lowest BCUT2D eigenvalue weighted by molar-refractivity contribution is -0.118. The van der Waals surface area contributed by atoms with Gasteiger partial charge in [0.15, 0.2) is 5.78 Å². The monoisotopic (exact) mass is 2010 g/mol. The van der Waals surface area contributed by atoms with Crippen LogP contribution in [0.4, 0.5) is 90.2 Å². The average Bonchev–Trinajstić information content (AvgIpc) is 1.50. The number of Topliss-reactive ketones (excluding diaryl/α,β-unsaturated/α-hetero) is 1. The standard InChI is InChI=1S/2C20H17N5O.C19H17FN4O2.C18H22FN5O.C18H16N4O2.C16H17N5O2/c2*1-11-4-2-3-5-14(11)17-7-12-8-18(23-10-16(12)19(22)24-17)25-20(26)15-6-13(15)9-21;20-15-7-13(15)19(26)24-17-6-11-5-16(23-18(21)14(11)8-22-17)12-4-2-1-3-10(12)9-25;1-2-11-4-3-5-24(11)16-7-10-6-15(21-9-13(10)17(20)23-16)22-18(25)12-8-14(12)19;19-17-13-9-20-16(22-18(24)10-5-6-10)8-11(13)7-14(21-17)12-3-1-2-4-15(12)23;17-15-11-8-18-12(19-16(23)9-3-4-9)6-10(11)7-13(20-15)21-5-1-2-14(21)22/h2*2-5,7-8,10,13,15H,6H2,1H3,(H2,22,24)(H,23,25,26);1-6,8,13,15,25H,7,9H2,(H2,21,23)(H,22,24,26);6-7,9,11-12,14H,2-5,8H2,1H3,(H2,20,23)(H,21,22,25);1-3,7-10H,4-6H2,(H2,19,21)(H,20,22,24);6-9H,1-5H2,(H2,17,20)(H,18,19,23)/t3*13-,15+;11?,12-,14+;;/m1011../s1. The summed E-state index contributed by atoms with van der Waals surface area (Å²) in [6.45, 7) is 7.76. The summed E-state index contributed by atoms with van der Waals surface area (Å²) >= 11 is 0. The fourth-order valence-corrected chi connectivity index (χ4v) is 18.3. The molecule has 37 nitrogen and oxygen atoms in total. The molecule has 9 atom stereocenters. The maximum Gasteiger partial charge on any atom is 0.231 e. The van der Waals surface area contributed by atoms with Gasteiger partial charge in [-0.2, -0.15) is 10.5 Å². The molecule has 7 aliphatic carbocycles. The molecular weight excluding hydrogens is 1910 g/mol. The maximum atomic E-state index is 13.0. The predicted octanol–water partition coefficient (Wildman–Crippen LogP) is 16.3. The number of rotatable bonds is 20. The number of ketones is 1. The number of allylic oxidation sites excluding steroid dienone is 4.